The lowest BCUT2D eigenvalue weighted by Gasteiger charge is -2.20. The van der Waals surface area contributed by atoms with E-state index in [4.69, 9.17) is 0 Å². The largest absolute Gasteiger partial charge is 0.374 e. The number of carbonyl (C=O) groups excluding carboxylic acids is 1. The molecule has 92 valence electrons. The van der Waals surface area contributed by atoms with Crippen LogP contribution in [-0.4, -0.2) is 19.4 Å². The van der Waals surface area contributed by atoms with E-state index in [2.05, 4.69) is 0 Å². The van der Waals surface area contributed by atoms with Gasteiger partial charge in [-0.25, -0.2) is 4.39 Å². The third-order valence-corrected chi connectivity index (χ3v) is 3.49. The van der Waals surface area contributed by atoms with Gasteiger partial charge >= 0.3 is 0 Å². The Morgan fingerprint density at radius 2 is 2.29 bits per heavy atom. The molecule has 2 nitrogen and oxygen atoms in total. The molecule has 17 heavy (non-hydrogen) atoms. The number of nitrogens with zero attached hydrogens (tertiary/aromatic N) is 1. The van der Waals surface area contributed by atoms with E-state index in [1.165, 1.54) is 12.1 Å². The summed E-state index contributed by atoms with van der Waals surface area (Å²) in [6.45, 7) is 0.805. The Hall–Kier alpha value is -1.38. The van der Waals surface area contributed by atoms with E-state index >= 15 is 0 Å². The molecule has 1 atom stereocenters. The summed E-state index contributed by atoms with van der Waals surface area (Å²) >= 11 is 0. The zero-order valence-corrected chi connectivity index (χ0v) is 10.2. The number of hydrogen-bond acceptors (Lipinski definition) is 2. The first kappa shape index (κ1) is 12.1. The Morgan fingerprint density at radius 3 is 2.94 bits per heavy atom. The van der Waals surface area contributed by atoms with Crippen LogP contribution < -0.4 is 4.90 Å². The van der Waals surface area contributed by atoms with Crippen molar-refractivity contribution in [2.24, 2.45) is 5.92 Å². The van der Waals surface area contributed by atoms with Crippen molar-refractivity contribution in [1.82, 2.24) is 0 Å². The number of anilines is 1. The summed E-state index contributed by atoms with van der Waals surface area (Å²) in [4.78, 5) is 13.5. The number of benzene rings is 1. The third kappa shape index (κ3) is 3.05. The number of rotatable bonds is 4. The zero-order chi connectivity index (χ0) is 12.3. The molecule has 1 aliphatic rings. The minimum absolute atomic E-state index is 0.216. The van der Waals surface area contributed by atoms with Crippen LogP contribution in [0.3, 0.4) is 0 Å². The van der Waals surface area contributed by atoms with Crippen molar-refractivity contribution in [3.63, 3.8) is 0 Å². The molecule has 0 amide bonds. The Labute approximate surface area is 101 Å². The van der Waals surface area contributed by atoms with Crippen LogP contribution in [0.5, 0.6) is 0 Å². The number of halogens is 1. The van der Waals surface area contributed by atoms with Gasteiger partial charge in [-0.3, -0.25) is 4.79 Å². The number of ketones is 1. The first-order valence-corrected chi connectivity index (χ1v) is 6.16. The van der Waals surface area contributed by atoms with Gasteiger partial charge in [-0.2, -0.15) is 0 Å². The predicted molar refractivity (Wildman–Crippen MR) is 66.6 cm³/mol. The average Bonchev–Trinajstić information content (AvgIpc) is 2.72. The lowest BCUT2D eigenvalue weighted by Crippen LogP contribution is -2.22. The molecule has 1 aromatic carbocycles. The van der Waals surface area contributed by atoms with Crippen LogP contribution in [0.4, 0.5) is 10.1 Å². The highest BCUT2D eigenvalue weighted by molar-refractivity contribution is 5.82. The van der Waals surface area contributed by atoms with Gasteiger partial charge in [0.15, 0.2) is 0 Å². The quantitative estimate of drug-likeness (QED) is 0.799. The van der Waals surface area contributed by atoms with Gasteiger partial charge in [0.2, 0.25) is 0 Å². The van der Waals surface area contributed by atoms with Crippen LogP contribution >= 0.6 is 0 Å². The summed E-state index contributed by atoms with van der Waals surface area (Å²) in [6.07, 6.45) is 3.68. The fourth-order valence-electron chi connectivity index (χ4n) is 2.39. The normalized spacial score (nSPS) is 19.6. The van der Waals surface area contributed by atoms with Crippen molar-refractivity contribution in [3.8, 4) is 0 Å². The van der Waals surface area contributed by atoms with Gasteiger partial charge in [-0.05, 0) is 37.5 Å². The molecule has 1 aromatic rings. The van der Waals surface area contributed by atoms with Crippen molar-refractivity contribution < 1.29 is 9.18 Å². The van der Waals surface area contributed by atoms with Crippen LogP contribution in [0.1, 0.15) is 25.7 Å². The van der Waals surface area contributed by atoms with Crippen LogP contribution in [0, 0.1) is 11.7 Å². The Morgan fingerprint density at radius 1 is 1.47 bits per heavy atom. The predicted octanol–water partition coefficient (Wildman–Crippen LogP) is 3.02. The van der Waals surface area contributed by atoms with Crippen molar-refractivity contribution in [3.05, 3.63) is 30.1 Å². The third-order valence-electron chi connectivity index (χ3n) is 3.49. The number of Topliss-reactive ketones (excluding diaryl/α,β-unsaturated/α-hetero) is 1. The standard InChI is InChI=1S/C14H18FNO/c1-16(13-6-3-5-12(15)10-13)9-8-11-4-2-7-14(11)17/h3,5-6,10-11H,2,4,7-9H2,1H3. The molecule has 0 aromatic heterocycles. The topological polar surface area (TPSA) is 20.3 Å². The van der Waals surface area contributed by atoms with Crippen molar-refractivity contribution in [2.75, 3.05) is 18.5 Å². The Bertz CT molecular complexity index is 405. The highest BCUT2D eigenvalue weighted by atomic mass is 19.1. The molecule has 0 saturated heterocycles. The highest BCUT2D eigenvalue weighted by Gasteiger charge is 2.24. The lowest BCUT2D eigenvalue weighted by atomic mass is 10.0. The van der Waals surface area contributed by atoms with Crippen LogP contribution in [-0.2, 0) is 4.79 Å². The maximum atomic E-state index is 13.0. The second-order valence-electron chi connectivity index (χ2n) is 4.75. The van der Waals surface area contributed by atoms with Crippen molar-refractivity contribution in [1.29, 1.82) is 0 Å². The van der Waals surface area contributed by atoms with Crippen LogP contribution in [0.25, 0.3) is 0 Å². The first-order valence-electron chi connectivity index (χ1n) is 6.16. The molecule has 1 aliphatic carbocycles. The van der Waals surface area contributed by atoms with E-state index in [1.54, 1.807) is 6.07 Å². The van der Waals surface area contributed by atoms with Crippen molar-refractivity contribution in [2.45, 2.75) is 25.7 Å². The van der Waals surface area contributed by atoms with E-state index in [-0.39, 0.29) is 11.7 Å². The summed E-state index contributed by atoms with van der Waals surface area (Å²) in [6, 6.07) is 6.57. The fourth-order valence-corrected chi connectivity index (χ4v) is 2.39. The minimum atomic E-state index is -0.216. The molecule has 0 aliphatic heterocycles. The summed E-state index contributed by atoms with van der Waals surface area (Å²) in [5, 5.41) is 0. The highest BCUT2D eigenvalue weighted by Crippen LogP contribution is 2.25. The molecule has 0 bridgehead atoms. The molecule has 0 N–H and O–H groups in total. The number of carbonyl (C=O) groups is 1. The minimum Gasteiger partial charge on any atom is -0.374 e. The molecule has 0 spiro atoms. The first-order chi connectivity index (χ1) is 8.16. The van der Waals surface area contributed by atoms with Gasteiger partial charge in [0, 0.05) is 31.6 Å². The van der Waals surface area contributed by atoms with Gasteiger partial charge in [0.25, 0.3) is 0 Å². The maximum Gasteiger partial charge on any atom is 0.136 e. The maximum absolute atomic E-state index is 13.0. The number of hydrogen-bond donors (Lipinski definition) is 0. The van der Waals surface area contributed by atoms with Crippen molar-refractivity contribution >= 4 is 11.5 Å². The van der Waals surface area contributed by atoms with Crippen LogP contribution in [0.2, 0.25) is 0 Å². The van der Waals surface area contributed by atoms with Gasteiger partial charge < -0.3 is 4.90 Å². The lowest BCUT2D eigenvalue weighted by molar-refractivity contribution is -0.120. The molecular formula is C14H18FNO. The van der Waals surface area contributed by atoms with E-state index in [1.807, 2.05) is 18.0 Å². The molecule has 3 heteroatoms. The molecule has 1 fully saturated rings. The monoisotopic (exact) mass is 235 g/mol. The van der Waals surface area contributed by atoms with E-state index in [0.717, 1.165) is 37.9 Å². The molecule has 1 unspecified atom stereocenters. The smallest absolute Gasteiger partial charge is 0.136 e. The van der Waals surface area contributed by atoms with Gasteiger partial charge in [0.1, 0.15) is 11.6 Å². The molecule has 0 heterocycles. The van der Waals surface area contributed by atoms with Gasteiger partial charge in [-0.15, -0.1) is 0 Å². The van der Waals surface area contributed by atoms with Crippen LogP contribution in [0.15, 0.2) is 24.3 Å². The van der Waals surface area contributed by atoms with E-state index < -0.39 is 0 Å². The second-order valence-corrected chi connectivity index (χ2v) is 4.75. The Kier molecular flexibility index (Phi) is 3.77. The molecular weight excluding hydrogens is 217 g/mol. The molecule has 2 rings (SSSR count). The molecule has 0 radical (unpaired) electrons. The fraction of sp³-hybridized carbons (Fsp3) is 0.500. The van der Waals surface area contributed by atoms with Gasteiger partial charge in [-0.1, -0.05) is 6.07 Å². The summed E-state index contributed by atoms with van der Waals surface area (Å²) in [5.74, 6) is 0.412. The summed E-state index contributed by atoms with van der Waals surface area (Å²) in [7, 11) is 1.94. The average molecular weight is 235 g/mol. The summed E-state index contributed by atoms with van der Waals surface area (Å²) in [5.41, 5.74) is 0.871. The van der Waals surface area contributed by atoms with E-state index in [9.17, 15) is 9.18 Å². The summed E-state index contributed by atoms with van der Waals surface area (Å²) < 4.78 is 13.0. The van der Waals surface area contributed by atoms with E-state index in [0.29, 0.717) is 5.78 Å². The molecule has 1 saturated carbocycles. The van der Waals surface area contributed by atoms with Gasteiger partial charge in [0.05, 0.1) is 0 Å². The SMILES string of the molecule is CN(CCC1CCCC1=O)c1cccc(F)c1. The Balaban J connectivity index is 1.88. The second kappa shape index (κ2) is 5.30. The zero-order valence-electron chi connectivity index (χ0n) is 10.2.